The maximum Gasteiger partial charge on any atom is 0.389 e. The summed E-state index contributed by atoms with van der Waals surface area (Å²) in [4.78, 5) is 25.7. The molecule has 0 bridgehead atoms. The molecule has 3 nitrogen and oxygen atoms in total. The SMILES string of the molecule is O=C(CCc1ccccc1)C1CCCN(C(=O)CCC(F)(F)F)C1. The zero-order valence-electron chi connectivity index (χ0n) is 13.5. The summed E-state index contributed by atoms with van der Waals surface area (Å²) in [5.41, 5.74) is 1.08. The summed E-state index contributed by atoms with van der Waals surface area (Å²) >= 11 is 0. The fourth-order valence-electron chi connectivity index (χ4n) is 2.99. The van der Waals surface area contributed by atoms with E-state index < -0.39 is 24.9 Å². The van der Waals surface area contributed by atoms with Crippen molar-refractivity contribution in [2.24, 2.45) is 5.92 Å². The highest BCUT2D eigenvalue weighted by molar-refractivity contribution is 5.83. The monoisotopic (exact) mass is 341 g/mol. The van der Waals surface area contributed by atoms with Gasteiger partial charge in [-0.3, -0.25) is 9.59 Å². The lowest BCUT2D eigenvalue weighted by Crippen LogP contribution is -2.42. The lowest BCUT2D eigenvalue weighted by Gasteiger charge is -2.32. The second kappa shape index (κ2) is 8.31. The molecule has 1 aromatic rings. The lowest BCUT2D eigenvalue weighted by molar-refractivity contribution is -0.150. The van der Waals surface area contributed by atoms with Gasteiger partial charge in [0.1, 0.15) is 5.78 Å². The minimum Gasteiger partial charge on any atom is -0.342 e. The van der Waals surface area contributed by atoms with Crippen LogP contribution in [0.15, 0.2) is 30.3 Å². The number of benzene rings is 1. The molecule has 1 fully saturated rings. The molecule has 1 heterocycles. The summed E-state index contributed by atoms with van der Waals surface area (Å²) in [6.45, 7) is 0.698. The van der Waals surface area contributed by atoms with Gasteiger partial charge in [0.25, 0.3) is 0 Å². The largest absolute Gasteiger partial charge is 0.389 e. The Hall–Kier alpha value is -1.85. The average molecular weight is 341 g/mol. The highest BCUT2D eigenvalue weighted by Gasteiger charge is 2.32. The van der Waals surface area contributed by atoms with Gasteiger partial charge < -0.3 is 4.90 Å². The number of alkyl halides is 3. The summed E-state index contributed by atoms with van der Waals surface area (Å²) in [6, 6.07) is 9.67. The second-order valence-electron chi connectivity index (χ2n) is 6.25. The van der Waals surface area contributed by atoms with Crippen LogP contribution in [0.25, 0.3) is 0 Å². The average Bonchev–Trinajstić information content (AvgIpc) is 2.58. The molecule has 6 heteroatoms. The van der Waals surface area contributed by atoms with E-state index in [-0.39, 0.29) is 18.2 Å². The molecule has 1 unspecified atom stereocenters. The maximum atomic E-state index is 12.3. The summed E-state index contributed by atoms with van der Waals surface area (Å²) in [5.74, 6) is -0.669. The standard InChI is InChI=1S/C18H22F3NO2/c19-18(20,21)11-10-17(24)22-12-4-7-15(13-22)16(23)9-8-14-5-2-1-3-6-14/h1-3,5-6,15H,4,7-13H2. The summed E-state index contributed by atoms with van der Waals surface area (Å²) in [7, 11) is 0. The van der Waals surface area contributed by atoms with Crippen LogP contribution in [-0.4, -0.2) is 35.9 Å². The molecule has 1 aliphatic heterocycles. The van der Waals surface area contributed by atoms with Crippen molar-refractivity contribution in [1.82, 2.24) is 4.90 Å². The van der Waals surface area contributed by atoms with Crippen molar-refractivity contribution in [2.45, 2.75) is 44.7 Å². The molecule has 1 aromatic carbocycles. The number of rotatable bonds is 6. The Bertz CT molecular complexity index is 557. The van der Waals surface area contributed by atoms with Crippen LogP contribution >= 0.6 is 0 Å². The molecule has 2 rings (SSSR count). The normalized spacial score (nSPS) is 18.5. The van der Waals surface area contributed by atoms with E-state index in [9.17, 15) is 22.8 Å². The van der Waals surface area contributed by atoms with Crippen molar-refractivity contribution >= 4 is 11.7 Å². The van der Waals surface area contributed by atoms with Gasteiger partial charge in [-0.25, -0.2) is 0 Å². The second-order valence-corrected chi connectivity index (χ2v) is 6.25. The number of ketones is 1. The number of hydrogen-bond donors (Lipinski definition) is 0. The van der Waals surface area contributed by atoms with E-state index in [1.54, 1.807) is 0 Å². The predicted octanol–water partition coefficient (Wildman–Crippen LogP) is 3.77. The summed E-state index contributed by atoms with van der Waals surface area (Å²) in [6.07, 6.45) is -3.53. The lowest BCUT2D eigenvalue weighted by atomic mass is 9.90. The Morgan fingerprint density at radius 1 is 1.12 bits per heavy atom. The molecule has 1 atom stereocenters. The van der Waals surface area contributed by atoms with Gasteiger partial charge in [-0.05, 0) is 24.8 Å². The van der Waals surface area contributed by atoms with Crippen molar-refractivity contribution in [2.75, 3.05) is 13.1 Å². The molecule has 0 radical (unpaired) electrons. The number of Topliss-reactive ketones (excluding diaryl/α,β-unsaturated/α-hetero) is 1. The van der Waals surface area contributed by atoms with Gasteiger partial charge in [0.05, 0.1) is 6.42 Å². The minimum absolute atomic E-state index is 0.0900. The van der Waals surface area contributed by atoms with E-state index in [4.69, 9.17) is 0 Å². The maximum absolute atomic E-state index is 12.3. The first-order chi connectivity index (χ1) is 11.3. The van der Waals surface area contributed by atoms with E-state index >= 15 is 0 Å². The van der Waals surface area contributed by atoms with Crippen LogP contribution in [0.2, 0.25) is 0 Å². The fourth-order valence-corrected chi connectivity index (χ4v) is 2.99. The van der Waals surface area contributed by atoms with Gasteiger partial charge in [0, 0.05) is 31.8 Å². The first kappa shape index (κ1) is 18.5. The Morgan fingerprint density at radius 3 is 2.50 bits per heavy atom. The Balaban J connectivity index is 1.81. The summed E-state index contributed by atoms with van der Waals surface area (Å²) < 4.78 is 36.7. The number of nitrogens with zero attached hydrogens (tertiary/aromatic N) is 1. The molecule has 0 saturated carbocycles. The quantitative estimate of drug-likeness (QED) is 0.790. The molecule has 0 N–H and O–H groups in total. The van der Waals surface area contributed by atoms with Crippen LogP contribution in [0, 0.1) is 5.92 Å². The summed E-state index contributed by atoms with van der Waals surface area (Å²) in [5, 5.41) is 0. The molecule has 1 saturated heterocycles. The van der Waals surface area contributed by atoms with Crippen LogP contribution in [0.1, 0.15) is 37.7 Å². The first-order valence-electron chi connectivity index (χ1n) is 8.26. The fraction of sp³-hybridized carbons (Fsp3) is 0.556. The molecule has 0 spiro atoms. The zero-order valence-corrected chi connectivity index (χ0v) is 13.5. The van der Waals surface area contributed by atoms with E-state index in [0.717, 1.165) is 5.56 Å². The number of likely N-dealkylation sites (tertiary alicyclic amines) is 1. The Morgan fingerprint density at radius 2 is 1.83 bits per heavy atom. The molecular weight excluding hydrogens is 319 g/mol. The van der Waals surface area contributed by atoms with Crippen LogP contribution in [0.3, 0.4) is 0 Å². The van der Waals surface area contributed by atoms with E-state index in [2.05, 4.69) is 0 Å². The number of aryl methyl sites for hydroxylation is 1. The van der Waals surface area contributed by atoms with Crippen molar-refractivity contribution < 1.29 is 22.8 Å². The molecule has 132 valence electrons. The highest BCUT2D eigenvalue weighted by Crippen LogP contribution is 2.24. The van der Waals surface area contributed by atoms with Crippen molar-refractivity contribution in [3.8, 4) is 0 Å². The third kappa shape index (κ3) is 5.98. The number of halogens is 3. The predicted molar refractivity (Wildman–Crippen MR) is 84.4 cm³/mol. The molecule has 1 amide bonds. The topological polar surface area (TPSA) is 37.4 Å². The van der Waals surface area contributed by atoms with E-state index in [1.807, 2.05) is 30.3 Å². The van der Waals surface area contributed by atoms with Gasteiger partial charge >= 0.3 is 6.18 Å². The third-order valence-electron chi connectivity index (χ3n) is 4.35. The van der Waals surface area contributed by atoms with Crippen molar-refractivity contribution in [3.05, 3.63) is 35.9 Å². The number of carbonyl (C=O) groups is 2. The number of amides is 1. The molecular formula is C18H22F3NO2. The Labute approximate surface area is 139 Å². The Kier molecular flexibility index (Phi) is 6.40. The third-order valence-corrected chi connectivity index (χ3v) is 4.35. The van der Waals surface area contributed by atoms with Crippen LogP contribution < -0.4 is 0 Å². The van der Waals surface area contributed by atoms with E-state index in [1.165, 1.54) is 4.90 Å². The number of carbonyl (C=O) groups excluding carboxylic acids is 2. The van der Waals surface area contributed by atoms with Crippen molar-refractivity contribution in [1.29, 1.82) is 0 Å². The van der Waals surface area contributed by atoms with Gasteiger partial charge in [0.2, 0.25) is 5.91 Å². The van der Waals surface area contributed by atoms with Gasteiger partial charge in [-0.2, -0.15) is 13.2 Å². The van der Waals surface area contributed by atoms with Crippen molar-refractivity contribution in [3.63, 3.8) is 0 Å². The van der Waals surface area contributed by atoms with Crippen LogP contribution in [0.4, 0.5) is 13.2 Å². The van der Waals surface area contributed by atoms with Crippen LogP contribution in [0.5, 0.6) is 0 Å². The first-order valence-corrected chi connectivity index (χ1v) is 8.26. The smallest absolute Gasteiger partial charge is 0.342 e. The number of hydrogen-bond acceptors (Lipinski definition) is 2. The molecule has 0 aliphatic carbocycles. The number of piperidine rings is 1. The molecule has 0 aromatic heterocycles. The molecule has 1 aliphatic rings. The zero-order chi connectivity index (χ0) is 17.6. The van der Waals surface area contributed by atoms with Gasteiger partial charge in [-0.15, -0.1) is 0 Å². The highest BCUT2D eigenvalue weighted by atomic mass is 19.4. The molecule has 24 heavy (non-hydrogen) atoms. The van der Waals surface area contributed by atoms with Crippen LogP contribution in [-0.2, 0) is 16.0 Å². The van der Waals surface area contributed by atoms with Gasteiger partial charge in [-0.1, -0.05) is 30.3 Å². The minimum atomic E-state index is -4.32. The van der Waals surface area contributed by atoms with E-state index in [0.29, 0.717) is 32.2 Å². The van der Waals surface area contributed by atoms with Gasteiger partial charge in [0.15, 0.2) is 0 Å².